The first kappa shape index (κ1) is 13.0. The Bertz CT molecular complexity index is 742. The summed E-state index contributed by atoms with van der Waals surface area (Å²) in [5.41, 5.74) is 2.83. The lowest BCUT2D eigenvalue weighted by molar-refractivity contribution is 0.185. The molecule has 3 nitrogen and oxygen atoms in total. The fourth-order valence-corrected chi connectivity index (χ4v) is 2.89. The zero-order chi connectivity index (χ0) is 13.9. The smallest absolute Gasteiger partial charge is 0.188 e. The van der Waals surface area contributed by atoms with Crippen molar-refractivity contribution in [3.8, 4) is 0 Å². The second-order valence-electron chi connectivity index (χ2n) is 4.39. The van der Waals surface area contributed by atoms with Gasteiger partial charge in [-0.2, -0.15) is 0 Å². The van der Waals surface area contributed by atoms with Crippen molar-refractivity contribution in [3.63, 3.8) is 0 Å². The molecule has 0 radical (unpaired) electrons. The Hall–Kier alpha value is -1.98. The van der Waals surface area contributed by atoms with Gasteiger partial charge in [-0.15, -0.1) is 0 Å². The van der Waals surface area contributed by atoms with E-state index in [1.807, 2.05) is 24.3 Å². The molecule has 3 rings (SSSR count). The average molecular weight is 288 g/mol. The van der Waals surface area contributed by atoms with Gasteiger partial charge in [-0.25, -0.2) is 9.37 Å². The van der Waals surface area contributed by atoms with Crippen molar-refractivity contribution in [2.75, 3.05) is 12.4 Å². The summed E-state index contributed by atoms with van der Waals surface area (Å²) >= 11 is 1.43. The molecule has 1 N–H and O–H groups in total. The Kier molecular flexibility index (Phi) is 3.62. The van der Waals surface area contributed by atoms with Crippen LogP contribution >= 0.6 is 11.3 Å². The van der Waals surface area contributed by atoms with E-state index in [-0.39, 0.29) is 5.82 Å². The highest BCUT2D eigenvalue weighted by atomic mass is 32.1. The molecule has 0 saturated heterocycles. The van der Waals surface area contributed by atoms with Crippen molar-refractivity contribution in [2.45, 2.75) is 6.61 Å². The molecule has 0 bridgehead atoms. The molecule has 0 atom stereocenters. The summed E-state index contributed by atoms with van der Waals surface area (Å²) in [5, 5.41) is 3.99. The molecule has 0 amide bonds. The average Bonchev–Trinajstić information content (AvgIpc) is 2.81. The number of rotatable bonds is 4. The molecule has 0 saturated carbocycles. The highest BCUT2D eigenvalue weighted by Gasteiger charge is 2.05. The van der Waals surface area contributed by atoms with Crippen LogP contribution in [0.4, 0.5) is 15.2 Å². The number of benzene rings is 2. The Morgan fingerprint density at radius 3 is 3.00 bits per heavy atom. The quantitative estimate of drug-likeness (QED) is 0.776. The first-order valence-corrected chi connectivity index (χ1v) is 6.97. The molecule has 0 aliphatic carbocycles. The molecule has 0 aliphatic heterocycles. The first-order valence-electron chi connectivity index (χ1n) is 6.15. The minimum Gasteiger partial charge on any atom is -0.380 e. The lowest BCUT2D eigenvalue weighted by atomic mass is 10.2. The van der Waals surface area contributed by atoms with Crippen LogP contribution in [0.1, 0.15) is 5.56 Å². The van der Waals surface area contributed by atoms with Crippen LogP contribution < -0.4 is 5.32 Å². The molecule has 0 aliphatic rings. The van der Waals surface area contributed by atoms with E-state index >= 15 is 0 Å². The van der Waals surface area contributed by atoms with Crippen molar-refractivity contribution in [3.05, 3.63) is 53.8 Å². The number of halogens is 1. The van der Waals surface area contributed by atoms with Gasteiger partial charge in [-0.05, 0) is 35.9 Å². The standard InChI is InChI=1S/C15H13FN2OS/c1-19-9-10-3-2-4-12(7-10)17-15-18-13-6-5-11(16)8-14(13)20-15/h2-8H,9H2,1H3,(H,17,18). The van der Waals surface area contributed by atoms with Gasteiger partial charge in [0.15, 0.2) is 5.13 Å². The fraction of sp³-hybridized carbons (Fsp3) is 0.133. The van der Waals surface area contributed by atoms with Gasteiger partial charge in [0.2, 0.25) is 0 Å². The summed E-state index contributed by atoms with van der Waals surface area (Å²) in [5.74, 6) is -0.241. The predicted octanol–water partition coefficient (Wildman–Crippen LogP) is 4.33. The van der Waals surface area contributed by atoms with Crippen molar-refractivity contribution in [1.29, 1.82) is 0 Å². The van der Waals surface area contributed by atoms with Crippen LogP contribution in [0.5, 0.6) is 0 Å². The van der Waals surface area contributed by atoms with Crippen LogP contribution in [0.25, 0.3) is 10.2 Å². The Morgan fingerprint density at radius 2 is 2.15 bits per heavy atom. The van der Waals surface area contributed by atoms with Crippen molar-refractivity contribution < 1.29 is 9.13 Å². The highest BCUT2D eigenvalue weighted by molar-refractivity contribution is 7.22. The molecule has 2 aromatic carbocycles. The minimum atomic E-state index is -0.241. The lowest BCUT2D eigenvalue weighted by Gasteiger charge is -2.05. The molecule has 5 heteroatoms. The van der Waals surface area contributed by atoms with E-state index in [1.54, 1.807) is 13.2 Å². The molecular weight excluding hydrogens is 275 g/mol. The number of methoxy groups -OCH3 is 1. The summed E-state index contributed by atoms with van der Waals surface area (Å²) in [6, 6.07) is 12.5. The van der Waals surface area contributed by atoms with E-state index in [0.29, 0.717) is 6.61 Å². The van der Waals surface area contributed by atoms with Crippen LogP contribution in [0.15, 0.2) is 42.5 Å². The molecule has 0 spiro atoms. The van der Waals surface area contributed by atoms with E-state index in [4.69, 9.17) is 4.74 Å². The van der Waals surface area contributed by atoms with Crippen LogP contribution in [0.3, 0.4) is 0 Å². The number of fused-ring (bicyclic) bond motifs is 1. The topological polar surface area (TPSA) is 34.1 Å². The maximum Gasteiger partial charge on any atom is 0.188 e. The predicted molar refractivity (Wildman–Crippen MR) is 80.0 cm³/mol. The zero-order valence-electron chi connectivity index (χ0n) is 10.9. The largest absolute Gasteiger partial charge is 0.380 e. The van der Waals surface area contributed by atoms with Gasteiger partial charge in [0.05, 0.1) is 16.8 Å². The fourth-order valence-electron chi connectivity index (χ4n) is 1.98. The maximum atomic E-state index is 13.2. The van der Waals surface area contributed by atoms with Gasteiger partial charge < -0.3 is 10.1 Å². The Labute approximate surface area is 120 Å². The summed E-state index contributed by atoms with van der Waals surface area (Å²) < 4.78 is 19.1. The summed E-state index contributed by atoms with van der Waals surface area (Å²) in [6.45, 7) is 0.570. The number of ether oxygens (including phenoxy) is 1. The number of aromatic nitrogens is 1. The molecular formula is C15H13FN2OS. The maximum absolute atomic E-state index is 13.2. The summed E-state index contributed by atoms with van der Waals surface area (Å²) in [4.78, 5) is 4.43. The molecule has 0 unspecified atom stereocenters. The van der Waals surface area contributed by atoms with Gasteiger partial charge >= 0.3 is 0 Å². The lowest BCUT2D eigenvalue weighted by Crippen LogP contribution is -1.92. The Balaban J connectivity index is 1.87. The van der Waals surface area contributed by atoms with Crippen molar-refractivity contribution >= 4 is 32.4 Å². The third-order valence-electron chi connectivity index (χ3n) is 2.84. The number of hydrogen-bond donors (Lipinski definition) is 1. The van der Waals surface area contributed by atoms with Crippen LogP contribution in [0.2, 0.25) is 0 Å². The monoisotopic (exact) mass is 288 g/mol. The Morgan fingerprint density at radius 1 is 1.25 bits per heavy atom. The second-order valence-corrected chi connectivity index (χ2v) is 5.42. The first-order chi connectivity index (χ1) is 9.74. The van der Waals surface area contributed by atoms with Gasteiger partial charge in [-0.3, -0.25) is 0 Å². The van der Waals surface area contributed by atoms with Crippen molar-refractivity contribution in [1.82, 2.24) is 4.98 Å². The molecule has 1 aromatic heterocycles. The summed E-state index contributed by atoms with van der Waals surface area (Å²) in [6.07, 6.45) is 0. The summed E-state index contributed by atoms with van der Waals surface area (Å²) in [7, 11) is 1.67. The number of nitrogens with one attached hydrogen (secondary N) is 1. The highest BCUT2D eigenvalue weighted by Crippen LogP contribution is 2.29. The van der Waals surface area contributed by atoms with E-state index in [2.05, 4.69) is 10.3 Å². The van der Waals surface area contributed by atoms with Gasteiger partial charge in [0.25, 0.3) is 0 Å². The third-order valence-corrected chi connectivity index (χ3v) is 3.77. The molecule has 102 valence electrons. The van der Waals surface area contributed by atoms with Crippen LogP contribution in [-0.4, -0.2) is 12.1 Å². The number of thiazole rings is 1. The number of hydrogen-bond acceptors (Lipinski definition) is 4. The normalized spacial score (nSPS) is 10.9. The van der Waals surface area contributed by atoms with E-state index in [1.165, 1.54) is 23.5 Å². The van der Waals surface area contributed by atoms with Crippen LogP contribution in [-0.2, 0) is 11.3 Å². The van der Waals surface area contributed by atoms with Gasteiger partial charge in [0.1, 0.15) is 5.82 Å². The minimum absolute atomic E-state index is 0.241. The zero-order valence-corrected chi connectivity index (χ0v) is 11.7. The third kappa shape index (κ3) is 2.79. The van der Waals surface area contributed by atoms with Crippen molar-refractivity contribution in [2.24, 2.45) is 0 Å². The number of anilines is 2. The van der Waals surface area contributed by atoms with E-state index < -0.39 is 0 Å². The van der Waals surface area contributed by atoms with Crippen LogP contribution in [0, 0.1) is 5.82 Å². The molecule has 3 aromatic rings. The number of nitrogens with zero attached hydrogens (tertiary/aromatic N) is 1. The van der Waals surface area contributed by atoms with E-state index in [9.17, 15) is 4.39 Å². The van der Waals surface area contributed by atoms with Gasteiger partial charge in [-0.1, -0.05) is 23.5 Å². The van der Waals surface area contributed by atoms with E-state index in [0.717, 1.165) is 26.6 Å². The second kappa shape index (κ2) is 5.56. The SMILES string of the molecule is COCc1cccc(Nc2nc3ccc(F)cc3s2)c1. The van der Waals surface area contributed by atoms with Gasteiger partial charge in [0, 0.05) is 12.8 Å². The molecule has 1 heterocycles. The molecule has 0 fully saturated rings. The molecule has 20 heavy (non-hydrogen) atoms.